The predicted molar refractivity (Wildman–Crippen MR) is 30.9 cm³/mol. The van der Waals surface area contributed by atoms with Gasteiger partial charge in [-0.25, -0.2) is 13.2 Å². The van der Waals surface area contributed by atoms with Gasteiger partial charge in [-0.1, -0.05) is 0 Å². The average Bonchev–Trinajstić information content (AvgIpc) is 1.59. The van der Waals surface area contributed by atoms with Crippen molar-refractivity contribution in [3.63, 3.8) is 0 Å². The van der Waals surface area contributed by atoms with Gasteiger partial charge in [-0.15, -0.1) is 18.2 Å². The molecule has 0 amide bonds. The maximum atomic E-state index is 11.9. The molecule has 0 aliphatic rings. The zero-order valence-electron chi connectivity index (χ0n) is 5.37. The van der Waals surface area contributed by atoms with E-state index in [0.29, 0.717) is 12.1 Å². The van der Waals surface area contributed by atoms with E-state index < -0.39 is 17.5 Å². The van der Waals surface area contributed by atoms with Crippen molar-refractivity contribution in [3.8, 4) is 0 Å². The van der Waals surface area contributed by atoms with Crippen LogP contribution in [0.4, 0.5) is 13.2 Å². The smallest absolute Gasteiger partial charge is 1.00 e. The first-order chi connectivity index (χ1) is 4.18. The Bertz CT molecular complexity index is 179. The van der Waals surface area contributed by atoms with Crippen molar-refractivity contribution in [1.82, 2.24) is 0 Å². The van der Waals surface area contributed by atoms with Crippen LogP contribution in [0, 0.1) is 23.5 Å². The first-order valence-corrected chi connectivity index (χ1v) is 2.22. The summed E-state index contributed by atoms with van der Waals surface area (Å²) in [6.07, 6.45) is 0. The summed E-state index contributed by atoms with van der Waals surface area (Å²) < 4.78 is 35.7. The summed E-state index contributed by atoms with van der Waals surface area (Å²) in [7, 11) is 0. The van der Waals surface area contributed by atoms with Gasteiger partial charge in [0.25, 0.3) is 0 Å². The second kappa shape index (κ2) is 5.68. The normalized spacial score (nSPS) is 7.91. The summed E-state index contributed by atoms with van der Waals surface area (Å²) in [6, 6.07) is 2.75. The van der Waals surface area contributed by atoms with E-state index in [1.54, 1.807) is 6.07 Å². The van der Waals surface area contributed by atoms with Crippen molar-refractivity contribution in [1.29, 1.82) is 0 Å². The molecule has 0 N–H and O–H groups in total. The molecule has 0 radical (unpaired) electrons. The Hall–Kier alpha value is 0.0662. The van der Waals surface area contributed by atoms with Crippen molar-refractivity contribution in [2.75, 3.05) is 0 Å². The number of hydrogen-bond donors (Lipinski definition) is 0. The molecule has 0 bridgehead atoms. The zero-order chi connectivity index (χ0) is 6.85. The Morgan fingerprint density at radius 2 is 1.36 bits per heavy atom. The first-order valence-electron chi connectivity index (χ1n) is 2.22. The maximum absolute atomic E-state index is 11.9. The maximum Gasteiger partial charge on any atom is 2.00 e. The van der Waals surface area contributed by atoms with E-state index in [1.165, 1.54) is 0 Å². The van der Waals surface area contributed by atoms with Gasteiger partial charge in [0.2, 0.25) is 0 Å². The predicted octanol–water partition coefficient (Wildman–Crippen LogP) is -1.47. The van der Waals surface area contributed by atoms with Crippen LogP contribution in [0.15, 0.2) is 12.1 Å². The molecule has 0 aliphatic heterocycles. The van der Waals surface area contributed by atoms with Crippen LogP contribution in [0.1, 0.15) is 0 Å². The largest absolute Gasteiger partial charge is 2.00 e. The van der Waals surface area contributed by atoms with E-state index in [0.717, 1.165) is 0 Å². The van der Waals surface area contributed by atoms with Crippen LogP contribution in [-0.2, 0) is 0 Å². The van der Waals surface area contributed by atoms with Crippen LogP contribution >= 0.6 is 0 Å². The minimum Gasteiger partial charge on any atom is -1.00 e. The molecule has 0 saturated carbocycles. The fourth-order valence-electron chi connectivity index (χ4n) is 0.470. The van der Waals surface area contributed by atoms with Gasteiger partial charge in [-0.3, -0.25) is 0 Å². The number of benzene rings is 1. The molecule has 1 rings (SSSR count). The van der Waals surface area contributed by atoms with E-state index in [1.807, 2.05) is 0 Å². The van der Waals surface area contributed by atoms with E-state index >= 15 is 0 Å². The molecule has 56 valence electrons. The zero-order valence-corrected chi connectivity index (χ0v) is 7.54. The van der Waals surface area contributed by atoms with Gasteiger partial charge in [0.1, 0.15) is 0 Å². The van der Waals surface area contributed by atoms with Crippen LogP contribution in [0.25, 0.3) is 0 Å². The molecule has 1 aromatic carbocycles. The third kappa shape index (κ3) is 4.50. The molecule has 0 unspecified atom stereocenters. The van der Waals surface area contributed by atoms with Crippen molar-refractivity contribution < 1.29 is 25.6 Å². The number of rotatable bonds is 0. The third-order valence-corrected chi connectivity index (χ3v) is 0.768. The molecular weight excluding hydrogens is 189 g/mol. The summed E-state index contributed by atoms with van der Waals surface area (Å²) in [5.41, 5.74) is 0. The fourth-order valence-corrected chi connectivity index (χ4v) is 0.470. The van der Waals surface area contributed by atoms with Gasteiger partial charge in [0, 0.05) is 17.5 Å². The van der Waals surface area contributed by atoms with Gasteiger partial charge in [0.15, 0.2) is 0 Å². The summed E-state index contributed by atoms with van der Waals surface area (Å²) in [5, 5.41) is 0. The quantitative estimate of drug-likeness (QED) is 0.346. The van der Waals surface area contributed by atoms with E-state index in [4.69, 9.17) is 0 Å². The van der Waals surface area contributed by atoms with Crippen molar-refractivity contribution in [3.05, 3.63) is 35.7 Å². The molecule has 0 heterocycles. The molecule has 0 spiro atoms. The average molecular weight is 191 g/mol. The van der Waals surface area contributed by atoms with Crippen LogP contribution in [0.2, 0.25) is 0 Å². The molecule has 0 fully saturated rings. The molecule has 1 aromatic rings. The second-order valence-corrected chi connectivity index (χ2v) is 1.49. The summed E-state index contributed by atoms with van der Waals surface area (Å²) >= 11 is 0. The standard InChI is InChI=1S/C6H2F3.ClH.Mg/c7-4-1-5(8)3-6(9)2-4;;/h1-2H;1H;/q-1;;+2/p-1. The number of hydrogen-bond acceptors (Lipinski definition) is 0. The Morgan fingerprint density at radius 3 is 1.64 bits per heavy atom. The van der Waals surface area contributed by atoms with Crippen molar-refractivity contribution in [2.24, 2.45) is 0 Å². The first kappa shape index (κ1) is 13.6. The number of halogens is 4. The SMILES string of the molecule is Fc1[c-]c(F)cc(F)c1.[Cl-].[Mg+2]. The van der Waals surface area contributed by atoms with Crippen LogP contribution < -0.4 is 12.4 Å². The van der Waals surface area contributed by atoms with Gasteiger partial charge in [-0.2, -0.15) is 0 Å². The Labute approximate surface area is 84.4 Å². The molecule has 11 heavy (non-hydrogen) atoms. The molecule has 0 aliphatic carbocycles. The van der Waals surface area contributed by atoms with Gasteiger partial charge >= 0.3 is 23.1 Å². The fraction of sp³-hybridized carbons (Fsp3) is 0. The molecule has 0 nitrogen and oxygen atoms in total. The molecule has 5 heteroatoms. The minimum atomic E-state index is -1.02. The summed E-state index contributed by atoms with van der Waals surface area (Å²) in [5.74, 6) is -2.97. The molecular formula is C6H2ClF3Mg. The van der Waals surface area contributed by atoms with Crippen molar-refractivity contribution >= 4 is 23.1 Å². The Balaban J connectivity index is 0. The second-order valence-electron chi connectivity index (χ2n) is 1.49. The van der Waals surface area contributed by atoms with Gasteiger partial charge < -0.3 is 12.4 Å². The summed E-state index contributed by atoms with van der Waals surface area (Å²) in [6.45, 7) is 0. The van der Waals surface area contributed by atoms with Crippen molar-refractivity contribution in [2.45, 2.75) is 0 Å². The van der Waals surface area contributed by atoms with Crippen LogP contribution in [0.3, 0.4) is 0 Å². The monoisotopic (exact) mass is 190 g/mol. The third-order valence-electron chi connectivity index (χ3n) is 0.768. The van der Waals surface area contributed by atoms with E-state index in [2.05, 4.69) is 0 Å². The van der Waals surface area contributed by atoms with Crippen LogP contribution in [-0.4, -0.2) is 23.1 Å². The molecule has 0 saturated heterocycles. The topological polar surface area (TPSA) is 0 Å². The Morgan fingerprint density at radius 1 is 1.00 bits per heavy atom. The van der Waals surface area contributed by atoms with E-state index in [-0.39, 0.29) is 35.5 Å². The summed E-state index contributed by atoms with van der Waals surface area (Å²) in [4.78, 5) is 0. The van der Waals surface area contributed by atoms with Gasteiger partial charge in [-0.05, 0) is 0 Å². The van der Waals surface area contributed by atoms with Gasteiger partial charge in [0.05, 0.1) is 0 Å². The molecule has 0 atom stereocenters. The Kier molecular flexibility index (Phi) is 7.05. The molecule has 0 aromatic heterocycles. The van der Waals surface area contributed by atoms with Crippen LogP contribution in [0.5, 0.6) is 0 Å². The minimum absolute atomic E-state index is 0. The van der Waals surface area contributed by atoms with E-state index in [9.17, 15) is 13.2 Å².